The minimum Gasteiger partial charge on any atom is -0.310 e. The standard InChI is InChI=1S/C42H37N/c1-5-17-34(6-2)42(35-20-13-9-14-21-35)31(4)39(7-3)40-29-28-38(30-41(40)42)43(36-22-15-10-16-23-36)37-26-24-33(25-27-37)32-18-11-8-12-19-32/h5,7-30H,1,3,6H2,2,4H3/b34-17+. The first-order valence-electron chi connectivity index (χ1n) is 15.0. The summed E-state index contributed by atoms with van der Waals surface area (Å²) >= 11 is 0. The van der Waals surface area contributed by atoms with E-state index in [-0.39, 0.29) is 0 Å². The SMILES string of the molecule is C=C/C=C(\CC)C1(c2ccccc2)C(C)=C(C=C)c2ccc(N(c3ccccc3)c3ccc(-c4ccccc4)cc3)cc21. The quantitative estimate of drug-likeness (QED) is 0.164. The van der Waals surface area contributed by atoms with Crippen LogP contribution >= 0.6 is 0 Å². The normalized spacial score (nSPS) is 16.1. The summed E-state index contributed by atoms with van der Waals surface area (Å²) in [7, 11) is 0. The summed E-state index contributed by atoms with van der Waals surface area (Å²) in [6.07, 6.45) is 7.06. The fourth-order valence-electron chi connectivity index (χ4n) is 6.85. The summed E-state index contributed by atoms with van der Waals surface area (Å²) < 4.78 is 0. The molecular formula is C42H37N. The molecule has 1 aliphatic rings. The van der Waals surface area contributed by atoms with Crippen molar-refractivity contribution >= 4 is 22.6 Å². The number of benzene rings is 5. The van der Waals surface area contributed by atoms with Crippen molar-refractivity contribution in [2.45, 2.75) is 25.7 Å². The molecule has 0 radical (unpaired) electrons. The molecule has 0 aromatic heterocycles. The third-order valence-electron chi connectivity index (χ3n) is 8.76. The molecule has 0 heterocycles. The van der Waals surface area contributed by atoms with E-state index < -0.39 is 5.41 Å². The van der Waals surface area contributed by atoms with E-state index in [1.165, 1.54) is 44.5 Å². The first kappa shape index (κ1) is 28.0. The fraction of sp³-hybridized carbons (Fsp3) is 0.0952. The van der Waals surface area contributed by atoms with Crippen LogP contribution in [0.5, 0.6) is 0 Å². The van der Waals surface area contributed by atoms with Gasteiger partial charge in [-0.2, -0.15) is 0 Å². The molecule has 0 saturated carbocycles. The Bertz CT molecular complexity index is 1810. The van der Waals surface area contributed by atoms with Crippen LogP contribution in [0.25, 0.3) is 16.7 Å². The molecule has 0 aliphatic heterocycles. The second kappa shape index (κ2) is 12.0. The van der Waals surface area contributed by atoms with E-state index in [2.05, 4.69) is 171 Å². The summed E-state index contributed by atoms with van der Waals surface area (Å²) in [6, 6.07) is 47.9. The van der Waals surface area contributed by atoms with Gasteiger partial charge in [0.25, 0.3) is 0 Å². The molecule has 0 bridgehead atoms. The molecule has 5 aromatic carbocycles. The first-order chi connectivity index (χ1) is 21.1. The van der Waals surface area contributed by atoms with E-state index in [4.69, 9.17) is 0 Å². The topological polar surface area (TPSA) is 3.24 Å². The lowest BCUT2D eigenvalue weighted by atomic mass is 9.66. The lowest BCUT2D eigenvalue weighted by Gasteiger charge is -2.37. The number of hydrogen-bond donors (Lipinski definition) is 0. The molecule has 43 heavy (non-hydrogen) atoms. The predicted octanol–water partition coefficient (Wildman–Crippen LogP) is 11.6. The smallest absolute Gasteiger partial charge is 0.0637 e. The summed E-state index contributed by atoms with van der Waals surface area (Å²) in [6.45, 7) is 12.9. The lowest BCUT2D eigenvalue weighted by molar-refractivity contribution is 0.692. The van der Waals surface area contributed by atoms with Gasteiger partial charge in [-0.3, -0.25) is 0 Å². The van der Waals surface area contributed by atoms with Gasteiger partial charge in [0.2, 0.25) is 0 Å². The highest BCUT2D eigenvalue weighted by atomic mass is 15.1. The molecule has 0 amide bonds. The van der Waals surface area contributed by atoms with E-state index >= 15 is 0 Å². The number of fused-ring (bicyclic) bond motifs is 1. The molecule has 0 spiro atoms. The van der Waals surface area contributed by atoms with E-state index in [1.807, 2.05) is 12.2 Å². The van der Waals surface area contributed by atoms with Gasteiger partial charge in [0.15, 0.2) is 0 Å². The van der Waals surface area contributed by atoms with Crippen LogP contribution in [-0.2, 0) is 5.41 Å². The number of nitrogens with zero attached hydrogens (tertiary/aromatic N) is 1. The second-order valence-electron chi connectivity index (χ2n) is 11.0. The van der Waals surface area contributed by atoms with Gasteiger partial charge in [-0.25, -0.2) is 0 Å². The van der Waals surface area contributed by atoms with E-state index in [0.29, 0.717) is 0 Å². The Morgan fingerprint density at radius 2 is 1.23 bits per heavy atom. The average molecular weight is 556 g/mol. The molecule has 1 nitrogen and oxygen atoms in total. The van der Waals surface area contributed by atoms with Crippen LogP contribution in [-0.4, -0.2) is 0 Å². The minimum absolute atomic E-state index is 0.418. The van der Waals surface area contributed by atoms with Gasteiger partial charge < -0.3 is 4.90 Å². The van der Waals surface area contributed by atoms with Crippen molar-refractivity contribution in [3.05, 3.63) is 193 Å². The number of hydrogen-bond acceptors (Lipinski definition) is 1. The minimum atomic E-state index is -0.418. The molecule has 1 unspecified atom stereocenters. The predicted molar refractivity (Wildman–Crippen MR) is 185 cm³/mol. The van der Waals surface area contributed by atoms with Crippen molar-refractivity contribution in [2.75, 3.05) is 4.90 Å². The number of allylic oxidation sites excluding steroid dienone is 6. The van der Waals surface area contributed by atoms with Gasteiger partial charge in [0.05, 0.1) is 5.41 Å². The zero-order chi connectivity index (χ0) is 29.8. The Balaban J connectivity index is 1.58. The molecular weight excluding hydrogens is 518 g/mol. The van der Waals surface area contributed by atoms with Gasteiger partial charge in [-0.1, -0.05) is 141 Å². The Morgan fingerprint density at radius 1 is 0.674 bits per heavy atom. The van der Waals surface area contributed by atoms with Crippen molar-refractivity contribution in [3.8, 4) is 11.1 Å². The van der Waals surface area contributed by atoms with Crippen LogP contribution in [0, 0.1) is 0 Å². The third kappa shape index (κ3) is 4.77. The van der Waals surface area contributed by atoms with Crippen LogP contribution in [0.2, 0.25) is 0 Å². The highest BCUT2D eigenvalue weighted by Crippen LogP contribution is 2.56. The first-order valence-corrected chi connectivity index (χ1v) is 15.0. The van der Waals surface area contributed by atoms with Crippen molar-refractivity contribution in [2.24, 2.45) is 0 Å². The highest BCUT2D eigenvalue weighted by molar-refractivity contribution is 5.91. The maximum Gasteiger partial charge on any atom is 0.0637 e. The zero-order valence-electron chi connectivity index (χ0n) is 25.0. The molecule has 0 fully saturated rings. The van der Waals surface area contributed by atoms with Crippen LogP contribution < -0.4 is 4.90 Å². The zero-order valence-corrected chi connectivity index (χ0v) is 25.0. The van der Waals surface area contributed by atoms with Crippen molar-refractivity contribution in [1.82, 2.24) is 0 Å². The van der Waals surface area contributed by atoms with Gasteiger partial charge in [0.1, 0.15) is 0 Å². The van der Waals surface area contributed by atoms with Crippen LogP contribution in [0.15, 0.2) is 176 Å². The van der Waals surface area contributed by atoms with E-state index in [1.54, 1.807) is 0 Å². The largest absolute Gasteiger partial charge is 0.310 e. The molecule has 1 atom stereocenters. The lowest BCUT2D eigenvalue weighted by Crippen LogP contribution is -2.30. The van der Waals surface area contributed by atoms with Gasteiger partial charge in [-0.15, -0.1) is 0 Å². The van der Waals surface area contributed by atoms with Gasteiger partial charge in [0, 0.05) is 17.1 Å². The Labute approximate surface area is 256 Å². The van der Waals surface area contributed by atoms with Crippen LogP contribution in [0.3, 0.4) is 0 Å². The number of rotatable bonds is 9. The Morgan fingerprint density at radius 3 is 1.84 bits per heavy atom. The summed E-state index contributed by atoms with van der Waals surface area (Å²) in [5.41, 5.74) is 12.9. The molecule has 5 aromatic rings. The monoisotopic (exact) mass is 555 g/mol. The van der Waals surface area contributed by atoms with Crippen LogP contribution in [0.1, 0.15) is 37.0 Å². The Kier molecular flexibility index (Phi) is 7.81. The molecule has 210 valence electrons. The Hall–Kier alpha value is -5.14. The summed E-state index contributed by atoms with van der Waals surface area (Å²) in [5.74, 6) is 0. The summed E-state index contributed by atoms with van der Waals surface area (Å²) in [4.78, 5) is 2.36. The second-order valence-corrected chi connectivity index (χ2v) is 11.0. The average Bonchev–Trinajstić information content (AvgIpc) is 3.32. The number of anilines is 3. The molecule has 1 aliphatic carbocycles. The van der Waals surface area contributed by atoms with Crippen molar-refractivity contribution in [1.29, 1.82) is 0 Å². The third-order valence-corrected chi connectivity index (χ3v) is 8.76. The number of para-hydroxylation sites is 1. The van der Waals surface area contributed by atoms with Gasteiger partial charge >= 0.3 is 0 Å². The van der Waals surface area contributed by atoms with E-state index in [9.17, 15) is 0 Å². The molecule has 6 rings (SSSR count). The highest BCUT2D eigenvalue weighted by Gasteiger charge is 2.46. The van der Waals surface area contributed by atoms with Crippen molar-refractivity contribution in [3.63, 3.8) is 0 Å². The maximum atomic E-state index is 4.26. The molecule has 0 saturated heterocycles. The van der Waals surface area contributed by atoms with Gasteiger partial charge in [-0.05, 0) is 88.7 Å². The van der Waals surface area contributed by atoms with Crippen molar-refractivity contribution < 1.29 is 0 Å². The fourth-order valence-corrected chi connectivity index (χ4v) is 6.85. The maximum absolute atomic E-state index is 4.26. The molecule has 0 N–H and O–H groups in total. The van der Waals surface area contributed by atoms with Crippen LogP contribution in [0.4, 0.5) is 17.1 Å². The van der Waals surface area contributed by atoms with E-state index in [0.717, 1.165) is 23.5 Å². The summed E-state index contributed by atoms with van der Waals surface area (Å²) in [5, 5.41) is 0. The molecule has 1 heteroatoms.